The summed E-state index contributed by atoms with van der Waals surface area (Å²) in [5.41, 5.74) is 4.12. The number of rotatable bonds is 8. The van der Waals surface area contributed by atoms with Crippen molar-refractivity contribution < 1.29 is 14.3 Å². The van der Waals surface area contributed by atoms with E-state index in [2.05, 4.69) is 30.4 Å². The third-order valence-corrected chi connectivity index (χ3v) is 5.13. The van der Waals surface area contributed by atoms with Crippen LogP contribution in [0.15, 0.2) is 42.5 Å². The standard InChI is InChI=1S/C23H29NO3/c1-17(19-10-9-18-6-3-4-7-20(18)16-19)24-23(25)8-5-15-27-22-13-11-21(26-2)12-14-22/h9-14,16-17H,3-8,15H2,1-2H3,(H,24,25). The topological polar surface area (TPSA) is 47.6 Å². The number of fused-ring (bicyclic) bond motifs is 1. The highest BCUT2D eigenvalue weighted by Gasteiger charge is 2.14. The highest BCUT2D eigenvalue weighted by Crippen LogP contribution is 2.25. The number of ether oxygens (including phenoxy) is 2. The normalized spacial score (nSPS) is 14.1. The Kier molecular flexibility index (Phi) is 6.74. The molecule has 0 fully saturated rings. The van der Waals surface area contributed by atoms with E-state index in [9.17, 15) is 4.79 Å². The molecular weight excluding hydrogens is 338 g/mol. The molecule has 144 valence electrons. The predicted octanol–water partition coefficient (Wildman–Crippen LogP) is 4.61. The fourth-order valence-electron chi connectivity index (χ4n) is 3.51. The van der Waals surface area contributed by atoms with Gasteiger partial charge < -0.3 is 14.8 Å². The van der Waals surface area contributed by atoms with Crippen LogP contribution >= 0.6 is 0 Å². The number of hydrogen-bond donors (Lipinski definition) is 1. The van der Waals surface area contributed by atoms with Crippen LogP contribution in [0.2, 0.25) is 0 Å². The lowest BCUT2D eigenvalue weighted by molar-refractivity contribution is -0.121. The molecule has 0 saturated heterocycles. The average Bonchev–Trinajstić information content (AvgIpc) is 2.71. The van der Waals surface area contributed by atoms with E-state index < -0.39 is 0 Å². The SMILES string of the molecule is COc1ccc(OCCCC(=O)NC(C)c2ccc3c(c2)CCCC3)cc1. The van der Waals surface area contributed by atoms with Gasteiger partial charge in [-0.1, -0.05) is 18.2 Å². The minimum absolute atomic E-state index is 0.0345. The van der Waals surface area contributed by atoms with Crippen LogP contribution in [0.25, 0.3) is 0 Å². The maximum absolute atomic E-state index is 12.2. The predicted molar refractivity (Wildman–Crippen MR) is 107 cm³/mol. The van der Waals surface area contributed by atoms with Crippen LogP contribution in [0.3, 0.4) is 0 Å². The van der Waals surface area contributed by atoms with Crippen molar-refractivity contribution in [3.63, 3.8) is 0 Å². The van der Waals surface area contributed by atoms with Gasteiger partial charge in [0.05, 0.1) is 19.8 Å². The van der Waals surface area contributed by atoms with Crippen LogP contribution in [0.1, 0.15) is 55.3 Å². The summed E-state index contributed by atoms with van der Waals surface area (Å²) in [5.74, 6) is 1.66. The number of nitrogens with one attached hydrogen (secondary N) is 1. The highest BCUT2D eigenvalue weighted by atomic mass is 16.5. The van der Waals surface area contributed by atoms with Gasteiger partial charge in [0.2, 0.25) is 5.91 Å². The number of amides is 1. The van der Waals surface area contributed by atoms with Crippen molar-refractivity contribution in [3.05, 3.63) is 59.2 Å². The smallest absolute Gasteiger partial charge is 0.220 e. The Bertz CT molecular complexity index is 755. The molecule has 0 bridgehead atoms. The zero-order valence-electron chi connectivity index (χ0n) is 16.3. The Morgan fingerprint density at radius 2 is 1.74 bits per heavy atom. The molecule has 27 heavy (non-hydrogen) atoms. The molecule has 1 amide bonds. The molecule has 0 aliphatic heterocycles. The molecule has 0 heterocycles. The third kappa shape index (κ3) is 5.49. The van der Waals surface area contributed by atoms with Gasteiger partial charge in [-0.2, -0.15) is 0 Å². The zero-order valence-corrected chi connectivity index (χ0v) is 16.3. The van der Waals surface area contributed by atoms with E-state index in [-0.39, 0.29) is 11.9 Å². The van der Waals surface area contributed by atoms with Crippen LogP contribution in [0.4, 0.5) is 0 Å². The van der Waals surface area contributed by atoms with Gasteiger partial charge >= 0.3 is 0 Å². The summed E-state index contributed by atoms with van der Waals surface area (Å²) in [6, 6.07) is 14.2. The number of aryl methyl sites for hydroxylation is 2. The van der Waals surface area contributed by atoms with Crippen molar-refractivity contribution >= 4 is 5.91 Å². The lowest BCUT2D eigenvalue weighted by atomic mass is 9.89. The van der Waals surface area contributed by atoms with E-state index in [0.717, 1.165) is 17.9 Å². The van der Waals surface area contributed by atoms with Gasteiger partial charge in [-0.15, -0.1) is 0 Å². The monoisotopic (exact) mass is 367 g/mol. The van der Waals surface area contributed by atoms with E-state index in [1.165, 1.54) is 36.0 Å². The molecule has 0 saturated carbocycles. The molecule has 1 aliphatic carbocycles. The maximum atomic E-state index is 12.2. The van der Waals surface area contributed by atoms with Gasteiger partial charge in [0.15, 0.2) is 0 Å². The van der Waals surface area contributed by atoms with E-state index in [4.69, 9.17) is 9.47 Å². The molecule has 4 heteroatoms. The lowest BCUT2D eigenvalue weighted by Crippen LogP contribution is -2.27. The quantitative estimate of drug-likeness (QED) is 0.693. The molecule has 0 aromatic heterocycles. The number of methoxy groups -OCH3 is 1. The van der Waals surface area contributed by atoms with Crippen LogP contribution in [0.5, 0.6) is 11.5 Å². The summed E-state index contributed by atoms with van der Waals surface area (Å²) in [6.45, 7) is 2.57. The summed E-state index contributed by atoms with van der Waals surface area (Å²) < 4.78 is 10.8. The minimum atomic E-state index is 0.0345. The van der Waals surface area contributed by atoms with Crippen molar-refractivity contribution in [2.24, 2.45) is 0 Å². The maximum Gasteiger partial charge on any atom is 0.220 e. The Hall–Kier alpha value is -2.49. The summed E-state index contributed by atoms with van der Waals surface area (Å²) in [6.07, 6.45) is 6.06. The van der Waals surface area contributed by atoms with E-state index >= 15 is 0 Å². The van der Waals surface area contributed by atoms with Gasteiger partial charge in [-0.3, -0.25) is 4.79 Å². The Morgan fingerprint density at radius 3 is 2.48 bits per heavy atom. The Morgan fingerprint density at radius 1 is 1.04 bits per heavy atom. The fourth-order valence-corrected chi connectivity index (χ4v) is 3.51. The zero-order chi connectivity index (χ0) is 19.1. The molecule has 3 rings (SSSR count). The highest BCUT2D eigenvalue weighted by molar-refractivity contribution is 5.76. The second-order valence-corrected chi connectivity index (χ2v) is 7.15. The molecule has 1 unspecified atom stereocenters. The van der Waals surface area contributed by atoms with Crippen molar-refractivity contribution in [1.29, 1.82) is 0 Å². The fraction of sp³-hybridized carbons (Fsp3) is 0.435. The first kappa shape index (κ1) is 19.3. The minimum Gasteiger partial charge on any atom is -0.497 e. The van der Waals surface area contributed by atoms with Crippen molar-refractivity contribution in [2.75, 3.05) is 13.7 Å². The van der Waals surface area contributed by atoms with E-state index in [0.29, 0.717) is 19.4 Å². The van der Waals surface area contributed by atoms with Crippen LogP contribution in [-0.4, -0.2) is 19.6 Å². The Balaban J connectivity index is 1.40. The summed E-state index contributed by atoms with van der Waals surface area (Å²) in [5, 5.41) is 3.11. The average molecular weight is 367 g/mol. The van der Waals surface area contributed by atoms with Crippen molar-refractivity contribution in [3.8, 4) is 11.5 Å². The molecule has 1 aliphatic rings. The lowest BCUT2D eigenvalue weighted by Gasteiger charge is -2.20. The van der Waals surface area contributed by atoms with Gasteiger partial charge in [0.25, 0.3) is 0 Å². The van der Waals surface area contributed by atoms with Crippen LogP contribution < -0.4 is 14.8 Å². The first-order valence-corrected chi connectivity index (χ1v) is 9.83. The molecule has 1 N–H and O–H groups in total. The molecular formula is C23H29NO3. The Labute approximate surface area is 161 Å². The second kappa shape index (κ2) is 9.45. The third-order valence-electron chi connectivity index (χ3n) is 5.13. The van der Waals surface area contributed by atoms with Gasteiger partial charge in [0.1, 0.15) is 11.5 Å². The number of carbonyl (C=O) groups excluding carboxylic acids is 1. The summed E-state index contributed by atoms with van der Waals surface area (Å²) in [4.78, 5) is 12.2. The summed E-state index contributed by atoms with van der Waals surface area (Å²) >= 11 is 0. The largest absolute Gasteiger partial charge is 0.497 e. The van der Waals surface area contributed by atoms with E-state index in [1.807, 2.05) is 24.3 Å². The van der Waals surface area contributed by atoms with Crippen molar-refractivity contribution in [1.82, 2.24) is 5.32 Å². The molecule has 2 aromatic rings. The number of hydrogen-bond acceptors (Lipinski definition) is 3. The van der Waals surface area contributed by atoms with Gasteiger partial charge in [-0.05, 0) is 80.0 Å². The summed E-state index contributed by atoms with van der Waals surface area (Å²) in [7, 11) is 1.64. The van der Waals surface area contributed by atoms with Crippen molar-refractivity contribution in [2.45, 2.75) is 51.5 Å². The first-order valence-electron chi connectivity index (χ1n) is 9.83. The number of carbonyl (C=O) groups is 1. The van der Waals surface area contributed by atoms with E-state index in [1.54, 1.807) is 7.11 Å². The van der Waals surface area contributed by atoms with Gasteiger partial charge in [0, 0.05) is 6.42 Å². The second-order valence-electron chi connectivity index (χ2n) is 7.15. The number of benzene rings is 2. The van der Waals surface area contributed by atoms with Gasteiger partial charge in [-0.25, -0.2) is 0 Å². The first-order chi connectivity index (χ1) is 13.2. The van der Waals surface area contributed by atoms with Crippen LogP contribution in [0, 0.1) is 0 Å². The molecule has 1 atom stereocenters. The molecule has 0 spiro atoms. The molecule has 4 nitrogen and oxygen atoms in total. The van der Waals surface area contributed by atoms with Crippen LogP contribution in [-0.2, 0) is 17.6 Å². The molecule has 2 aromatic carbocycles. The molecule has 0 radical (unpaired) electrons.